The van der Waals surface area contributed by atoms with Gasteiger partial charge in [0.1, 0.15) is 29.8 Å². The number of hydrogen-bond donors (Lipinski definition) is 4. The zero-order chi connectivity index (χ0) is 41.8. The number of nitrogens with zero attached hydrogens (tertiary/aromatic N) is 4. The van der Waals surface area contributed by atoms with E-state index in [1.165, 1.54) is 14.2 Å². The number of amides is 4. The first-order valence-corrected chi connectivity index (χ1v) is 20.5. The van der Waals surface area contributed by atoms with E-state index in [0.29, 0.717) is 31.9 Å². The molecule has 0 saturated carbocycles. The number of likely N-dealkylation sites (tertiary alicyclic amines) is 1. The maximum atomic E-state index is 13.9. The van der Waals surface area contributed by atoms with E-state index in [-0.39, 0.29) is 36.3 Å². The summed E-state index contributed by atoms with van der Waals surface area (Å²) in [6.07, 6.45) is 3.61. The summed E-state index contributed by atoms with van der Waals surface area (Å²) < 4.78 is 15.5. The number of carbonyl (C=O) groups excluding carboxylic acids is 4. The number of ether oxygens (including phenoxy) is 3. The Bertz CT molecular complexity index is 2320. The highest BCUT2D eigenvalue weighted by Crippen LogP contribution is 2.35. The number of nitrogens with one attached hydrogen (secondary N) is 4. The van der Waals surface area contributed by atoms with Crippen molar-refractivity contribution in [3.8, 4) is 22.4 Å². The highest BCUT2D eigenvalue weighted by atomic mass is 16.5. The van der Waals surface area contributed by atoms with Crippen LogP contribution in [-0.2, 0) is 23.8 Å². The predicted molar refractivity (Wildman–Crippen MR) is 223 cm³/mol. The average molecular weight is 807 g/mol. The van der Waals surface area contributed by atoms with E-state index < -0.39 is 30.3 Å². The molecule has 2 fully saturated rings. The van der Waals surface area contributed by atoms with E-state index in [9.17, 15) is 19.2 Å². The van der Waals surface area contributed by atoms with Crippen LogP contribution in [0.3, 0.4) is 0 Å². The lowest BCUT2D eigenvalue weighted by atomic mass is 9.97. The van der Waals surface area contributed by atoms with E-state index in [2.05, 4.69) is 63.1 Å². The maximum absolute atomic E-state index is 13.9. The van der Waals surface area contributed by atoms with Gasteiger partial charge < -0.3 is 44.6 Å². The smallest absolute Gasteiger partial charge is 0.407 e. The quantitative estimate of drug-likeness (QED) is 0.104. The van der Waals surface area contributed by atoms with Crippen molar-refractivity contribution in [3.63, 3.8) is 0 Å². The van der Waals surface area contributed by atoms with Crippen molar-refractivity contribution in [1.82, 2.24) is 40.4 Å². The molecule has 0 aliphatic carbocycles. The molecule has 59 heavy (non-hydrogen) atoms. The third-order valence-corrected chi connectivity index (χ3v) is 12.0. The highest BCUT2D eigenvalue weighted by Gasteiger charge is 2.39. The molecule has 2 aliphatic heterocycles. The van der Waals surface area contributed by atoms with E-state index >= 15 is 0 Å². The number of hydrogen-bond acceptors (Lipinski definition) is 9. The van der Waals surface area contributed by atoms with Crippen LogP contribution in [0.25, 0.3) is 44.2 Å². The molecule has 6 unspecified atom stereocenters. The van der Waals surface area contributed by atoms with Gasteiger partial charge in [0, 0.05) is 18.7 Å². The molecule has 0 bridgehead atoms. The van der Waals surface area contributed by atoms with Gasteiger partial charge in [-0.25, -0.2) is 19.6 Å². The van der Waals surface area contributed by atoms with Gasteiger partial charge in [0.25, 0.3) is 0 Å². The number of carbonyl (C=O) groups is 4. The summed E-state index contributed by atoms with van der Waals surface area (Å²) in [7, 11) is 2.59. The fraction of sp³-hybridized carbons (Fsp3) is 0.455. The second kappa shape index (κ2) is 17.9. The third-order valence-electron chi connectivity index (χ3n) is 12.0. The van der Waals surface area contributed by atoms with Crippen LogP contribution in [-0.4, -0.2) is 106 Å². The lowest BCUT2D eigenvalue weighted by Crippen LogP contribution is -2.55. The van der Waals surface area contributed by atoms with Crippen LogP contribution in [0.1, 0.15) is 77.1 Å². The predicted octanol–water partition coefficient (Wildman–Crippen LogP) is 6.88. The van der Waals surface area contributed by atoms with Gasteiger partial charge in [0.15, 0.2) is 0 Å². The Kier molecular flexibility index (Phi) is 12.5. The highest BCUT2D eigenvalue weighted by molar-refractivity contribution is 5.92. The summed E-state index contributed by atoms with van der Waals surface area (Å²) in [5.41, 5.74) is 5.50. The van der Waals surface area contributed by atoms with Gasteiger partial charge in [-0.15, -0.1) is 0 Å². The van der Waals surface area contributed by atoms with Crippen molar-refractivity contribution in [3.05, 3.63) is 72.4 Å². The fourth-order valence-corrected chi connectivity index (χ4v) is 8.12. The molecule has 6 atom stereocenters. The maximum Gasteiger partial charge on any atom is 0.407 e. The summed E-state index contributed by atoms with van der Waals surface area (Å²) in [5.74, 6) is 0.861. The van der Waals surface area contributed by atoms with Crippen molar-refractivity contribution < 1.29 is 33.4 Å². The Morgan fingerprint density at radius 3 is 2.02 bits per heavy atom. The normalized spacial score (nSPS) is 18.9. The van der Waals surface area contributed by atoms with Crippen LogP contribution in [0.5, 0.6) is 0 Å². The van der Waals surface area contributed by atoms with Crippen molar-refractivity contribution >= 4 is 45.8 Å². The SMILES string of the molecule is CCC(C)C(NC(=O)OC)C(=O)N1CCCC1c1ncc(-c2ccc3cc(-c4ccc5nc(C6COCCN6C(=O)C(NC(=O)OC)C(C)CC)[nH]c5c4)ccc3c2)[nH]1. The van der Waals surface area contributed by atoms with E-state index in [4.69, 9.17) is 24.2 Å². The van der Waals surface area contributed by atoms with Crippen LogP contribution in [0.2, 0.25) is 0 Å². The summed E-state index contributed by atoms with van der Waals surface area (Å²) in [6.45, 7) is 9.51. The number of methoxy groups -OCH3 is 2. The van der Waals surface area contributed by atoms with Crippen LogP contribution < -0.4 is 10.6 Å². The van der Waals surface area contributed by atoms with Crippen molar-refractivity contribution in [2.45, 2.75) is 77.5 Å². The molecule has 3 aromatic carbocycles. The van der Waals surface area contributed by atoms with Gasteiger partial charge in [0.05, 0.1) is 56.4 Å². The first-order valence-electron chi connectivity index (χ1n) is 20.5. The first-order chi connectivity index (χ1) is 28.5. The molecule has 5 aromatic rings. The molecule has 7 rings (SSSR count). The fourth-order valence-electron chi connectivity index (χ4n) is 8.12. The number of rotatable bonds is 12. The Morgan fingerprint density at radius 2 is 1.37 bits per heavy atom. The Balaban J connectivity index is 1.08. The number of H-pyrrole nitrogens is 2. The first kappa shape index (κ1) is 41.2. The minimum atomic E-state index is -0.739. The van der Waals surface area contributed by atoms with Crippen LogP contribution >= 0.6 is 0 Å². The minimum Gasteiger partial charge on any atom is -0.453 e. The number of fused-ring (bicyclic) bond motifs is 2. The standard InChI is InChI=1S/C44H54N8O7/c1-7-25(3)37(49-43(55)57-5)41(53)51-17-9-10-35(51)39-45-23-34(48-39)31-14-13-27-20-28(11-12-29(27)21-31)30-15-16-32-33(22-30)47-40(46-32)36-24-59-19-18-52(36)42(54)38(26(4)8-2)50-44(56)58-6/h11-16,20-23,25-26,35-38H,7-10,17-19,24H2,1-6H3,(H,45,48)(H,46,47)(H,49,55)(H,50,56). The lowest BCUT2D eigenvalue weighted by Gasteiger charge is -2.37. The molecule has 15 nitrogen and oxygen atoms in total. The Morgan fingerprint density at radius 1 is 0.780 bits per heavy atom. The Labute approximate surface area is 343 Å². The van der Waals surface area contributed by atoms with Gasteiger partial charge >= 0.3 is 12.2 Å². The molecular formula is C44H54N8O7. The largest absolute Gasteiger partial charge is 0.453 e. The van der Waals surface area contributed by atoms with Gasteiger partial charge in [-0.2, -0.15) is 0 Å². The summed E-state index contributed by atoms with van der Waals surface area (Å²) in [4.78, 5) is 72.0. The minimum absolute atomic E-state index is 0.0613. The number of aromatic nitrogens is 4. The van der Waals surface area contributed by atoms with Gasteiger partial charge in [-0.1, -0.05) is 70.9 Å². The number of benzene rings is 3. The summed E-state index contributed by atoms with van der Waals surface area (Å²) >= 11 is 0. The van der Waals surface area contributed by atoms with E-state index in [0.717, 1.165) is 69.3 Å². The third kappa shape index (κ3) is 8.61. The Hall–Kier alpha value is -5.96. The lowest BCUT2D eigenvalue weighted by molar-refractivity contribution is -0.144. The number of imidazole rings is 2. The average Bonchev–Trinajstić information content (AvgIpc) is 4.06. The van der Waals surface area contributed by atoms with Crippen LogP contribution in [0.15, 0.2) is 60.8 Å². The molecule has 15 heteroatoms. The molecule has 0 radical (unpaired) electrons. The molecule has 4 amide bonds. The van der Waals surface area contributed by atoms with E-state index in [1.54, 1.807) is 4.90 Å². The monoisotopic (exact) mass is 806 g/mol. The molecule has 2 aromatic heterocycles. The molecule has 4 heterocycles. The van der Waals surface area contributed by atoms with Crippen molar-refractivity contribution in [2.75, 3.05) is 40.5 Å². The van der Waals surface area contributed by atoms with Gasteiger partial charge in [0.2, 0.25) is 11.8 Å². The van der Waals surface area contributed by atoms with Gasteiger partial charge in [-0.3, -0.25) is 9.59 Å². The summed E-state index contributed by atoms with van der Waals surface area (Å²) in [6, 6.07) is 16.6. The topological polar surface area (TPSA) is 184 Å². The molecular weight excluding hydrogens is 753 g/mol. The molecule has 312 valence electrons. The van der Waals surface area contributed by atoms with Crippen LogP contribution in [0.4, 0.5) is 9.59 Å². The van der Waals surface area contributed by atoms with Crippen molar-refractivity contribution in [1.29, 1.82) is 0 Å². The van der Waals surface area contributed by atoms with E-state index in [1.807, 2.05) is 50.9 Å². The zero-order valence-electron chi connectivity index (χ0n) is 34.5. The molecule has 2 aliphatic rings. The van der Waals surface area contributed by atoms with Gasteiger partial charge in [-0.05, 0) is 70.8 Å². The van der Waals surface area contributed by atoms with Crippen LogP contribution in [0, 0.1) is 11.8 Å². The van der Waals surface area contributed by atoms with Crippen molar-refractivity contribution in [2.24, 2.45) is 11.8 Å². The molecule has 0 spiro atoms. The second-order valence-electron chi connectivity index (χ2n) is 15.6. The summed E-state index contributed by atoms with van der Waals surface area (Å²) in [5, 5.41) is 7.63. The number of aromatic amines is 2. The molecule has 2 saturated heterocycles. The zero-order valence-corrected chi connectivity index (χ0v) is 34.5. The molecule has 4 N–H and O–H groups in total. The number of morpholine rings is 1. The second-order valence-corrected chi connectivity index (χ2v) is 15.6. The number of alkyl carbamates (subject to hydrolysis) is 2.